The number of ether oxygens (including phenoxy) is 1. The van der Waals surface area contributed by atoms with Crippen LogP contribution in [0, 0.1) is 0 Å². The number of rotatable bonds is 5. The fourth-order valence-electron chi connectivity index (χ4n) is 2.01. The van der Waals surface area contributed by atoms with Crippen LogP contribution in [0.2, 0.25) is 0 Å². The normalized spacial score (nSPS) is 22.2. The number of nitrogens with two attached hydrogens (primary N) is 1. The lowest BCUT2D eigenvalue weighted by atomic mass is 10.2. The Morgan fingerprint density at radius 3 is 2.65 bits per heavy atom. The van der Waals surface area contributed by atoms with Gasteiger partial charge in [-0.15, -0.1) is 0 Å². The second kappa shape index (κ2) is 7.01. The van der Waals surface area contributed by atoms with Crippen molar-refractivity contribution in [3.05, 3.63) is 24.3 Å². The topological polar surface area (TPSA) is 64.4 Å². The molecule has 2 atom stereocenters. The second-order valence-electron chi connectivity index (χ2n) is 4.45. The zero-order chi connectivity index (χ0) is 14.5. The zero-order valence-corrected chi connectivity index (χ0v) is 11.5. The number of thioether (sulfide) groups is 1. The predicted molar refractivity (Wildman–Crippen MR) is 73.9 cm³/mol. The summed E-state index contributed by atoms with van der Waals surface area (Å²) >= 11 is 0.470. The van der Waals surface area contributed by atoms with E-state index >= 15 is 0 Å². The molecular weight excluding hydrogens is 286 g/mol. The Hall–Kier alpha value is -1.18. The molecule has 3 N–H and O–H groups in total. The van der Waals surface area contributed by atoms with E-state index < -0.39 is 11.9 Å². The van der Waals surface area contributed by atoms with Crippen LogP contribution in [0.1, 0.15) is 12.8 Å². The van der Waals surface area contributed by atoms with Crippen LogP contribution >= 0.6 is 11.8 Å². The van der Waals surface area contributed by atoms with Crippen LogP contribution in [-0.4, -0.2) is 30.4 Å². The van der Waals surface area contributed by atoms with E-state index in [0.717, 1.165) is 6.42 Å². The number of amides is 1. The van der Waals surface area contributed by atoms with E-state index in [0.29, 0.717) is 35.3 Å². The molecule has 110 valence electrons. The summed E-state index contributed by atoms with van der Waals surface area (Å²) in [7, 11) is 0. The van der Waals surface area contributed by atoms with Gasteiger partial charge in [-0.2, -0.15) is 8.78 Å². The van der Waals surface area contributed by atoms with Crippen molar-refractivity contribution in [2.45, 2.75) is 35.7 Å². The Morgan fingerprint density at radius 2 is 2.10 bits per heavy atom. The minimum absolute atomic E-state index is 0.0597. The van der Waals surface area contributed by atoms with Crippen molar-refractivity contribution in [3.8, 4) is 0 Å². The molecule has 1 heterocycles. The molecule has 1 aliphatic rings. The van der Waals surface area contributed by atoms with E-state index in [4.69, 9.17) is 10.5 Å². The molecule has 0 aliphatic carbocycles. The molecule has 1 fully saturated rings. The molecule has 1 aromatic carbocycles. The molecule has 0 unspecified atom stereocenters. The smallest absolute Gasteiger partial charge is 0.288 e. The lowest BCUT2D eigenvalue weighted by molar-refractivity contribution is -0.126. The van der Waals surface area contributed by atoms with Crippen LogP contribution < -0.4 is 11.1 Å². The van der Waals surface area contributed by atoms with Crippen molar-refractivity contribution >= 4 is 23.4 Å². The first kappa shape index (κ1) is 15.2. The second-order valence-corrected chi connectivity index (χ2v) is 5.52. The zero-order valence-electron chi connectivity index (χ0n) is 10.7. The molecule has 1 aromatic rings. The van der Waals surface area contributed by atoms with Gasteiger partial charge in [-0.25, -0.2) is 0 Å². The SMILES string of the molecule is NC[C@H]1CC[C@@H](C(=O)Nc2ccc(SC(F)F)cc2)O1. The van der Waals surface area contributed by atoms with Gasteiger partial charge in [0.15, 0.2) is 0 Å². The molecule has 1 saturated heterocycles. The monoisotopic (exact) mass is 302 g/mol. The average Bonchev–Trinajstić information content (AvgIpc) is 2.89. The Balaban J connectivity index is 1.88. The number of carbonyl (C=O) groups is 1. The Morgan fingerprint density at radius 1 is 1.40 bits per heavy atom. The van der Waals surface area contributed by atoms with Crippen molar-refractivity contribution in [2.75, 3.05) is 11.9 Å². The standard InChI is InChI=1S/C13H16F2N2O2S/c14-13(15)20-10-4-1-8(2-5-10)17-12(18)11-6-3-9(7-16)19-11/h1-2,4-5,9,11,13H,3,6-7,16H2,(H,17,18)/t9-,11+/m1/s1. The fraction of sp³-hybridized carbons (Fsp3) is 0.462. The first-order valence-electron chi connectivity index (χ1n) is 6.29. The largest absolute Gasteiger partial charge is 0.364 e. The van der Waals surface area contributed by atoms with Gasteiger partial charge in [0.1, 0.15) is 6.10 Å². The summed E-state index contributed by atoms with van der Waals surface area (Å²) in [6.07, 6.45) is 0.875. The minimum atomic E-state index is -2.45. The van der Waals surface area contributed by atoms with Gasteiger partial charge in [0.2, 0.25) is 0 Å². The molecule has 1 amide bonds. The maximum Gasteiger partial charge on any atom is 0.288 e. The third-order valence-electron chi connectivity index (χ3n) is 3.01. The van der Waals surface area contributed by atoms with Gasteiger partial charge in [0, 0.05) is 17.1 Å². The van der Waals surface area contributed by atoms with E-state index in [9.17, 15) is 13.6 Å². The van der Waals surface area contributed by atoms with Crippen LogP contribution in [0.25, 0.3) is 0 Å². The Kier molecular flexibility index (Phi) is 5.33. The van der Waals surface area contributed by atoms with Crippen LogP contribution in [0.5, 0.6) is 0 Å². The highest BCUT2D eigenvalue weighted by molar-refractivity contribution is 7.99. The molecule has 20 heavy (non-hydrogen) atoms. The number of benzene rings is 1. The number of hydrogen-bond donors (Lipinski definition) is 2. The maximum absolute atomic E-state index is 12.2. The highest BCUT2D eigenvalue weighted by Crippen LogP contribution is 2.26. The van der Waals surface area contributed by atoms with Gasteiger partial charge < -0.3 is 15.8 Å². The first-order valence-corrected chi connectivity index (χ1v) is 7.17. The van der Waals surface area contributed by atoms with Crippen LogP contribution in [-0.2, 0) is 9.53 Å². The Labute approximate surface area is 120 Å². The van der Waals surface area contributed by atoms with Gasteiger partial charge in [0.25, 0.3) is 11.7 Å². The summed E-state index contributed by atoms with van der Waals surface area (Å²) in [5.74, 6) is -2.68. The first-order chi connectivity index (χ1) is 9.58. The molecule has 1 aliphatic heterocycles. The van der Waals surface area contributed by atoms with E-state index in [1.54, 1.807) is 24.3 Å². The number of hydrogen-bond acceptors (Lipinski definition) is 4. The summed E-state index contributed by atoms with van der Waals surface area (Å²) in [5.41, 5.74) is 6.05. The molecular formula is C13H16F2N2O2S. The number of carbonyl (C=O) groups excluding carboxylic acids is 1. The van der Waals surface area contributed by atoms with Gasteiger partial charge in [-0.3, -0.25) is 4.79 Å². The van der Waals surface area contributed by atoms with Crippen molar-refractivity contribution in [1.82, 2.24) is 0 Å². The summed E-state index contributed by atoms with van der Waals surface area (Å²) in [6.45, 7) is 0.406. The summed E-state index contributed by atoms with van der Waals surface area (Å²) < 4.78 is 29.8. The fourth-order valence-corrected chi connectivity index (χ4v) is 2.51. The van der Waals surface area contributed by atoms with E-state index in [-0.39, 0.29) is 12.0 Å². The molecule has 7 heteroatoms. The van der Waals surface area contributed by atoms with Gasteiger partial charge >= 0.3 is 0 Å². The maximum atomic E-state index is 12.2. The van der Waals surface area contributed by atoms with Crippen molar-refractivity contribution in [3.63, 3.8) is 0 Å². The van der Waals surface area contributed by atoms with Gasteiger partial charge in [-0.1, -0.05) is 11.8 Å². The van der Waals surface area contributed by atoms with E-state index in [1.807, 2.05) is 0 Å². The quantitative estimate of drug-likeness (QED) is 0.820. The third kappa shape index (κ3) is 4.16. The number of nitrogens with one attached hydrogen (secondary N) is 1. The summed E-state index contributed by atoms with van der Waals surface area (Å²) in [6, 6.07) is 6.28. The lowest BCUT2D eigenvalue weighted by Crippen LogP contribution is -2.29. The highest BCUT2D eigenvalue weighted by atomic mass is 32.2. The highest BCUT2D eigenvalue weighted by Gasteiger charge is 2.29. The van der Waals surface area contributed by atoms with Gasteiger partial charge in [0.05, 0.1) is 6.10 Å². The number of anilines is 1. The Bertz CT molecular complexity index is 456. The van der Waals surface area contributed by atoms with Crippen molar-refractivity contribution in [1.29, 1.82) is 0 Å². The molecule has 0 saturated carbocycles. The molecule has 0 aromatic heterocycles. The molecule has 0 spiro atoms. The summed E-state index contributed by atoms with van der Waals surface area (Å²) in [4.78, 5) is 12.4. The lowest BCUT2D eigenvalue weighted by Gasteiger charge is -2.13. The van der Waals surface area contributed by atoms with Gasteiger partial charge in [-0.05, 0) is 37.1 Å². The predicted octanol–water partition coefficient (Wildman–Crippen LogP) is 2.45. The average molecular weight is 302 g/mol. The molecule has 0 bridgehead atoms. The summed E-state index contributed by atoms with van der Waals surface area (Å²) in [5, 5.41) is 2.71. The van der Waals surface area contributed by atoms with E-state index in [1.165, 1.54) is 0 Å². The van der Waals surface area contributed by atoms with Crippen LogP contribution in [0.4, 0.5) is 14.5 Å². The molecule has 2 rings (SSSR count). The van der Waals surface area contributed by atoms with Crippen LogP contribution in [0.3, 0.4) is 0 Å². The number of halogens is 2. The van der Waals surface area contributed by atoms with Crippen molar-refractivity contribution in [2.24, 2.45) is 5.73 Å². The van der Waals surface area contributed by atoms with Crippen LogP contribution in [0.15, 0.2) is 29.2 Å². The molecule has 4 nitrogen and oxygen atoms in total. The number of alkyl halides is 2. The molecule has 0 radical (unpaired) electrons. The minimum Gasteiger partial charge on any atom is -0.364 e. The van der Waals surface area contributed by atoms with E-state index in [2.05, 4.69) is 5.32 Å². The van der Waals surface area contributed by atoms with Crippen molar-refractivity contribution < 1.29 is 18.3 Å². The third-order valence-corrected chi connectivity index (χ3v) is 3.73.